The van der Waals surface area contributed by atoms with E-state index >= 15 is 0 Å². The topological polar surface area (TPSA) is 265 Å². The predicted molar refractivity (Wildman–Crippen MR) is 346 cm³/mol. The summed E-state index contributed by atoms with van der Waals surface area (Å²) in [5, 5.41) is 31.4. The Morgan fingerprint density at radius 2 is 1.18 bits per heavy atom. The Morgan fingerprint density at radius 3 is 1.83 bits per heavy atom. The van der Waals surface area contributed by atoms with E-state index in [0.29, 0.717) is 44.9 Å². The van der Waals surface area contributed by atoms with Crippen molar-refractivity contribution in [3.05, 3.63) is 124 Å². The molecule has 92 heavy (non-hydrogen) atoms. The van der Waals surface area contributed by atoms with Gasteiger partial charge in [-0.2, -0.15) is 0 Å². The first-order valence-corrected chi connectivity index (χ1v) is 32.9. The number of rotatable bonds is 29. The second-order valence-electron chi connectivity index (χ2n) is 26.6. The van der Waals surface area contributed by atoms with Crippen molar-refractivity contribution in [2.24, 2.45) is 28.6 Å². The van der Waals surface area contributed by atoms with Crippen molar-refractivity contribution in [3.8, 4) is 17.6 Å². The number of anilines is 2. The zero-order chi connectivity index (χ0) is 65.6. The summed E-state index contributed by atoms with van der Waals surface area (Å²) in [5.74, 6) is 2.29. The first kappa shape index (κ1) is 68.6. The van der Waals surface area contributed by atoms with E-state index in [2.05, 4.69) is 47.0 Å². The first-order valence-electron chi connectivity index (χ1n) is 32.9. The second kappa shape index (κ2) is 30.8. The number of carbonyl (C=O) groups excluding carboxylic acids is 7. The van der Waals surface area contributed by atoms with Crippen LogP contribution in [0.2, 0.25) is 0 Å². The number of amides is 6. The maximum absolute atomic E-state index is 14.8. The van der Waals surface area contributed by atoms with Gasteiger partial charge >= 0.3 is 5.97 Å². The van der Waals surface area contributed by atoms with Crippen LogP contribution in [-0.4, -0.2) is 123 Å². The highest BCUT2D eigenvalue weighted by Crippen LogP contribution is 2.60. The highest BCUT2D eigenvalue weighted by atomic mass is 16.6. The summed E-state index contributed by atoms with van der Waals surface area (Å²) >= 11 is 0. The molecular formula is C73H91N5O14. The Hall–Kier alpha value is -7.76. The Kier molecular flexibility index (Phi) is 23.0. The molecule has 8 atom stereocenters. The summed E-state index contributed by atoms with van der Waals surface area (Å²) < 4.78 is 22.3. The molecule has 4 aromatic carbocycles. The highest BCUT2D eigenvalue weighted by molar-refractivity contribution is 6.01. The van der Waals surface area contributed by atoms with Gasteiger partial charge < -0.3 is 50.0 Å². The third-order valence-electron chi connectivity index (χ3n) is 20.5. The molecule has 0 aromatic heterocycles. The molecular weight excluding hydrogens is 1170 g/mol. The molecule has 0 spiro atoms. The fourth-order valence-electron chi connectivity index (χ4n) is 15.4. The zero-order valence-electron chi connectivity index (χ0n) is 54.0. The Labute approximate surface area is 540 Å². The first-order chi connectivity index (χ1) is 44.1. The van der Waals surface area contributed by atoms with Crippen LogP contribution in [0, 0.1) is 40.4 Å². The average Bonchev–Trinajstić information content (AvgIpc) is 0.729. The molecule has 1 heterocycles. The van der Waals surface area contributed by atoms with Crippen LogP contribution in [0.4, 0.5) is 11.4 Å². The van der Waals surface area contributed by atoms with Gasteiger partial charge in [-0.15, -0.1) is 0 Å². The molecule has 5 aliphatic rings. The minimum Gasteiger partial charge on any atom is -0.508 e. The van der Waals surface area contributed by atoms with E-state index < -0.39 is 51.8 Å². The molecule has 1 aliphatic heterocycles. The largest absolute Gasteiger partial charge is 0.508 e. The number of hydrogen-bond donors (Lipinski definition) is 6. The number of hydrogen-bond acceptors (Lipinski definition) is 13. The van der Waals surface area contributed by atoms with Gasteiger partial charge in [0.25, 0.3) is 0 Å². The number of benzene rings is 4. The number of phenols is 1. The highest BCUT2D eigenvalue weighted by Gasteiger charge is 2.58. The molecule has 0 saturated heterocycles. The lowest BCUT2D eigenvalue weighted by Crippen LogP contribution is -2.60. The maximum atomic E-state index is 14.8. The number of fused-ring (bicyclic) bond motifs is 8. The van der Waals surface area contributed by atoms with Gasteiger partial charge in [-0.05, 0) is 151 Å². The number of para-hydroxylation sites is 1. The number of aliphatic carboxylic acids is 1. The molecule has 4 aliphatic carbocycles. The molecule has 0 radical (unpaired) electrons. The number of carboxylic acid groups (broad SMARTS) is 1. The third-order valence-corrected chi connectivity index (χ3v) is 20.5. The standard InChI is InChI=1S/C73H91N5O14/c1-48(67(86)75-54-22-18-50-20-25-61-70(2,56(50)45-54)31-10-33-72(61,4)68(87)77-69(88)73(5)34-11-32-71(3)57-46-55(79)23-19-51(57)21-26-62(71)73)44-60(80)58(24-29-66(84)85)76-64(82)30-36-89-38-40-91-42-43-92-41-39-90-37-35-74-63(81)27-28-65(83)78-47-53-14-7-6-12-49(53)16-17-52-13-8-9-15-59(52)78/h6-9,12-15,18-19,22-23,45-46,48,58,61-62,79H,10-11,20-21,24-44,47H2,1-5H3,(H,74,81)(H,75,86)(H,76,82)(H,84,85)(H,77,87,88)/t48-,58+,61-,62-,70-,71-,72+,73+/m1/s1. The SMILES string of the molecule is C[C@H](CC(=O)[C@H](CCC(=O)O)NC(=O)CCOCCOCCOCCOCCNC(=O)CCC(=O)N1Cc2ccccc2C#Cc2ccccc21)C(=O)Nc1ccc2c(c1)[C@@]1(C)CCC[C@](C)(C(=O)NC(=O)[C@@]3(C)CCC[C@]4(C)c5cc(O)ccc5CC[C@@H]34)[C@@H]1CC2. The van der Waals surface area contributed by atoms with Crippen molar-refractivity contribution in [1.82, 2.24) is 16.0 Å². The normalized spacial score (nSPS) is 23.2. The van der Waals surface area contributed by atoms with Crippen molar-refractivity contribution in [2.45, 2.75) is 161 Å². The number of ketones is 1. The van der Waals surface area contributed by atoms with Gasteiger partial charge in [-0.1, -0.05) is 102 Å². The number of nitrogens with one attached hydrogen (secondary N) is 4. The molecule has 0 unspecified atom stereocenters. The van der Waals surface area contributed by atoms with Gasteiger partial charge in [0.1, 0.15) is 5.75 Å². The van der Waals surface area contributed by atoms with Crippen LogP contribution in [0.5, 0.6) is 5.75 Å². The molecule has 2 fully saturated rings. The molecule has 6 N–H and O–H groups in total. The van der Waals surface area contributed by atoms with Crippen LogP contribution < -0.4 is 26.2 Å². The van der Waals surface area contributed by atoms with Gasteiger partial charge in [-0.3, -0.25) is 43.7 Å². The molecule has 2 saturated carbocycles. The van der Waals surface area contributed by atoms with E-state index in [-0.39, 0.29) is 125 Å². The van der Waals surface area contributed by atoms with Crippen LogP contribution >= 0.6 is 0 Å². The van der Waals surface area contributed by atoms with Crippen molar-refractivity contribution in [2.75, 3.05) is 69.6 Å². The Balaban J connectivity index is 0.644. The Morgan fingerprint density at radius 1 is 0.620 bits per heavy atom. The summed E-state index contributed by atoms with van der Waals surface area (Å²) in [6.45, 7) is 12.6. The third kappa shape index (κ3) is 16.2. The number of imide groups is 1. The fourth-order valence-corrected chi connectivity index (χ4v) is 15.4. The van der Waals surface area contributed by atoms with Crippen LogP contribution in [-0.2, 0) is 87.5 Å². The van der Waals surface area contributed by atoms with Gasteiger partial charge in [0, 0.05) is 61.4 Å². The van der Waals surface area contributed by atoms with Crippen molar-refractivity contribution >= 4 is 58.6 Å². The van der Waals surface area contributed by atoms with Crippen molar-refractivity contribution < 1.29 is 67.5 Å². The van der Waals surface area contributed by atoms with Crippen molar-refractivity contribution in [1.29, 1.82) is 0 Å². The summed E-state index contributed by atoms with van der Waals surface area (Å²) in [4.78, 5) is 109. The van der Waals surface area contributed by atoms with E-state index in [1.807, 2.05) is 92.7 Å². The van der Waals surface area contributed by atoms with Gasteiger partial charge in [0.2, 0.25) is 35.4 Å². The van der Waals surface area contributed by atoms with E-state index in [1.165, 1.54) is 5.56 Å². The number of nitrogens with zero attached hydrogens (tertiary/aromatic N) is 1. The lowest BCUT2D eigenvalue weighted by molar-refractivity contribution is -0.150. The molecule has 492 valence electrons. The molecule has 19 heteroatoms. The number of carboxylic acids is 1. The zero-order valence-corrected chi connectivity index (χ0v) is 54.0. The fraction of sp³-hybridized carbons (Fsp3) is 0.534. The van der Waals surface area contributed by atoms with E-state index in [1.54, 1.807) is 17.9 Å². The monoisotopic (exact) mass is 1260 g/mol. The van der Waals surface area contributed by atoms with Gasteiger partial charge in [0.15, 0.2) is 5.78 Å². The number of phenolic OH excluding ortho intramolecular Hbond substituents is 1. The number of aryl methyl sites for hydroxylation is 2. The lowest BCUT2D eigenvalue weighted by Gasteiger charge is -2.56. The second-order valence-corrected chi connectivity index (χ2v) is 26.6. The van der Waals surface area contributed by atoms with Crippen LogP contribution in [0.1, 0.15) is 163 Å². The van der Waals surface area contributed by atoms with Crippen LogP contribution in [0.25, 0.3) is 0 Å². The summed E-state index contributed by atoms with van der Waals surface area (Å²) in [5.41, 5.74) is 5.96. The predicted octanol–water partition coefficient (Wildman–Crippen LogP) is 8.94. The van der Waals surface area contributed by atoms with E-state index in [0.717, 1.165) is 90.4 Å². The molecule has 19 nitrogen and oxygen atoms in total. The number of ether oxygens (including phenoxy) is 4. The molecule has 9 rings (SSSR count). The van der Waals surface area contributed by atoms with Crippen LogP contribution in [0.15, 0.2) is 84.9 Å². The minimum absolute atomic E-state index is 0.000202. The van der Waals surface area contributed by atoms with E-state index in [9.17, 15) is 48.6 Å². The van der Waals surface area contributed by atoms with Crippen molar-refractivity contribution in [3.63, 3.8) is 0 Å². The summed E-state index contributed by atoms with van der Waals surface area (Å²) in [7, 11) is 0. The maximum Gasteiger partial charge on any atom is 0.303 e. The summed E-state index contributed by atoms with van der Waals surface area (Å²) in [6, 6.07) is 25.6. The number of Topliss-reactive ketones (excluding diaryl/α,β-unsaturated/α-hetero) is 1. The van der Waals surface area contributed by atoms with Crippen LogP contribution in [0.3, 0.4) is 0 Å². The average molecular weight is 1260 g/mol. The quantitative estimate of drug-likeness (QED) is 0.0168. The van der Waals surface area contributed by atoms with Gasteiger partial charge in [0.05, 0.1) is 82.0 Å². The summed E-state index contributed by atoms with van der Waals surface area (Å²) in [6.07, 6.45) is 6.96. The number of aromatic hydroxyl groups is 1. The molecule has 4 aromatic rings. The van der Waals surface area contributed by atoms with E-state index in [4.69, 9.17) is 18.9 Å². The smallest absolute Gasteiger partial charge is 0.303 e. The Bertz CT molecular complexity index is 3450. The molecule has 0 bridgehead atoms. The minimum atomic E-state index is -1.13. The lowest BCUT2D eigenvalue weighted by atomic mass is 9.49. The van der Waals surface area contributed by atoms with Gasteiger partial charge in [-0.25, -0.2) is 0 Å². The molecule has 6 amide bonds. The number of carbonyl (C=O) groups is 8.